The first kappa shape index (κ1) is 14.0. The van der Waals surface area contributed by atoms with Crippen LogP contribution >= 0.6 is 11.6 Å². The van der Waals surface area contributed by atoms with E-state index in [9.17, 15) is 8.78 Å². The van der Waals surface area contributed by atoms with E-state index < -0.39 is 11.6 Å². The molecule has 100 valence electrons. The highest BCUT2D eigenvalue weighted by Gasteiger charge is 2.11. The van der Waals surface area contributed by atoms with Crippen molar-refractivity contribution >= 4 is 11.6 Å². The van der Waals surface area contributed by atoms with Gasteiger partial charge in [-0.25, -0.2) is 8.78 Å². The highest BCUT2D eigenvalue weighted by Crippen LogP contribution is 2.18. The van der Waals surface area contributed by atoms with Gasteiger partial charge in [-0.05, 0) is 42.0 Å². The molecule has 0 bridgehead atoms. The fourth-order valence-corrected chi connectivity index (χ4v) is 2.35. The van der Waals surface area contributed by atoms with Crippen molar-refractivity contribution in [3.05, 3.63) is 71.3 Å². The molecule has 0 aliphatic heterocycles. The molecule has 0 amide bonds. The molecule has 0 saturated carbocycles. The molecular formula is C16H15ClF2. The molecule has 0 fully saturated rings. The Hall–Kier alpha value is -1.41. The van der Waals surface area contributed by atoms with E-state index in [1.54, 1.807) is 6.07 Å². The minimum absolute atomic E-state index is 0.217. The minimum atomic E-state index is -0.811. The van der Waals surface area contributed by atoms with E-state index in [-0.39, 0.29) is 5.92 Å². The lowest BCUT2D eigenvalue weighted by molar-refractivity contribution is 0.503. The largest absolute Gasteiger partial charge is 0.204 e. The van der Waals surface area contributed by atoms with Crippen molar-refractivity contribution in [3.63, 3.8) is 0 Å². The van der Waals surface area contributed by atoms with Crippen LogP contribution in [0.25, 0.3) is 0 Å². The van der Waals surface area contributed by atoms with E-state index in [0.29, 0.717) is 12.3 Å². The average Bonchev–Trinajstić information content (AvgIpc) is 2.43. The van der Waals surface area contributed by atoms with Gasteiger partial charge in [-0.15, -0.1) is 11.6 Å². The van der Waals surface area contributed by atoms with Gasteiger partial charge in [0.15, 0.2) is 11.6 Å². The summed E-state index contributed by atoms with van der Waals surface area (Å²) in [6, 6.07) is 14.1. The monoisotopic (exact) mass is 280 g/mol. The molecule has 2 aromatic carbocycles. The van der Waals surface area contributed by atoms with Crippen LogP contribution in [0.1, 0.15) is 11.1 Å². The molecular weight excluding hydrogens is 266 g/mol. The summed E-state index contributed by atoms with van der Waals surface area (Å²) < 4.78 is 26.0. The predicted octanol–water partition coefficient (Wildman–Crippen LogP) is 4.61. The van der Waals surface area contributed by atoms with Crippen molar-refractivity contribution in [3.8, 4) is 0 Å². The molecule has 0 aliphatic carbocycles. The SMILES string of the molecule is Fc1ccc(CC(CCl)Cc2ccccc2)cc1F. The molecule has 0 spiro atoms. The third-order valence-corrected chi connectivity index (χ3v) is 3.53. The predicted molar refractivity (Wildman–Crippen MR) is 74.4 cm³/mol. The fourth-order valence-electron chi connectivity index (χ4n) is 2.13. The molecule has 0 aromatic heterocycles. The second kappa shape index (κ2) is 6.67. The van der Waals surface area contributed by atoms with Crippen LogP contribution in [0, 0.1) is 17.6 Å². The summed E-state index contributed by atoms with van der Waals surface area (Å²) in [5.41, 5.74) is 1.98. The zero-order valence-corrected chi connectivity index (χ0v) is 11.2. The Labute approximate surface area is 117 Å². The zero-order valence-electron chi connectivity index (χ0n) is 10.5. The van der Waals surface area contributed by atoms with Crippen molar-refractivity contribution in [2.75, 3.05) is 5.88 Å². The summed E-state index contributed by atoms with van der Waals surface area (Å²) >= 11 is 5.97. The van der Waals surface area contributed by atoms with Crippen LogP contribution in [0.4, 0.5) is 8.78 Å². The molecule has 1 atom stereocenters. The van der Waals surface area contributed by atoms with Crippen molar-refractivity contribution in [2.24, 2.45) is 5.92 Å². The van der Waals surface area contributed by atoms with Crippen LogP contribution in [-0.2, 0) is 12.8 Å². The lowest BCUT2D eigenvalue weighted by Gasteiger charge is -2.14. The highest BCUT2D eigenvalue weighted by atomic mass is 35.5. The topological polar surface area (TPSA) is 0 Å². The van der Waals surface area contributed by atoms with Gasteiger partial charge in [0, 0.05) is 5.88 Å². The number of halogens is 3. The van der Waals surface area contributed by atoms with E-state index >= 15 is 0 Å². The maximum atomic E-state index is 13.2. The van der Waals surface area contributed by atoms with Crippen molar-refractivity contribution in [1.29, 1.82) is 0 Å². The summed E-state index contributed by atoms with van der Waals surface area (Å²) in [7, 11) is 0. The average molecular weight is 281 g/mol. The van der Waals surface area contributed by atoms with E-state index in [1.807, 2.05) is 30.3 Å². The smallest absolute Gasteiger partial charge is 0.159 e. The number of benzene rings is 2. The second-order valence-corrected chi connectivity index (χ2v) is 4.97. The van der Waals surface area contributed by atoms with Gasteiger partial charge in [0.2, 0.25) is 0 Å². The first-order valence-electron chi connectivity index (χ1n) is 6.23. The quantitative estimate of drug-likeness (QED) is 0.702. The maximum absolute atomic E-state index is 13.2. The summed E-state index contributed by atoms with van der Waals surface area (Å²) in [5.74, 6) is -0.901. The van der Waals surface area contributed by atoms with Gasteiger partial charge in [-0.1, -0.05) is 36.4 Å². The third-order valence-electron chi connectivity index (χ3n) is 3.09. The Bertz CT molecular complexity index is 526. The minimum Gasteiger partial charge on any atom is -0.204 e. The Morgan fingerprint density at radius 3 is 2.16 bits per heavy atom. The van der Waals surface area contributed by atoms with Crippen LogP contribution in [-0.4, -0.2) is 5.88 Å². The number of alkyl halides is 1. The van der Waals surface area contributed by atoms with Gasteiger partial charge in [0.25, 0.3) is 0 Å². The number of rotatable bonds is 5. The molecule has 0 aliphatic rings. The van der Waals surface area contributed by atoms with Crippen molar-refractivity contribution in [2.45, 2.75) is 12.8 Å². The Balaban J connectivity index is 2.04. The Morgan fingerprint density at radius 2 is 1.53 bits per heavy atom. The zero-order chi connectivity index (χ0) is 13.7. The molecule has 0 N–H and O–H groups in total. The summed E-state index contributed by atoms with van der Waals surface area (Å²) in [5, 5.41) is 0. The Morgan fingerprint density at radius 1 is 0.842 bits per heavy atom. The molecule has 0 nitrogen and oxygen atoms in total. The maximum Gasteiger partial charge on any atom is 0.159 e. The Kier molecular flexibility index (Phi) is 4.92. The number of hydrogen-bond donors (Lipinski definition) is 0. The highest BCUT2D eigenvalue weighted by molar-refractivity contribution is 6.18. The lowest BCUT2D eigenvalue weighted by atomic mass is 9.94. The normalized spacial score (nSPS) is 12.4. The molecule has 2 rings (SSSR count). The standard InChI is InChI=1S/C16H15ClF2/c17-11-14(8-12-4-2-1-3-5-12)9-13-6-7-15(18)16(19)10-13/h1-7,10,14H,8-9,11H2. The summed E-state index contributed by atoms with van der Waals surface area (Å²) in [6.45, 7) is 0. The first-order chi connectivity index (χ1) is 9.19. The molecule has 1 unspecified atom stereocenters. The van der Waals surface area contributed by atoms with E-state index in [0.717, 1.165) is 12.0 Å². The number of hydrogen-bond acceptors (Lipinski definition) is 0. The third kappa shape index (κ3) is 4.03. The second-order valence-electron chi connectivity index (χ2n) is 4.66. The summed E-state index contributed by atoms with van der Waals surface area (Å²) in [6.07, 6.45) is 1.49. The van der Waals surface area contributed by atoms with Gasteiger partial charge in [-0.3, -0.25) is 0 Å². The molecule has 0 saturated heterocycles. The van der Waals surface area contributed by atoms with Gasteiger partial charge >= 0.3 is 0 Å². The lowest BCUT2D eigenvalue weighted by Crippen LogP contribution is -2.10. The fraction of sp³-hybridized carbons (Fsp3) is 0.250. The van der Waals surface area contributed by atoms with Crippen LogP contribution < -0.4 is 0 Å². The first-order valence-corrected chi connectivity index (χ1v) is 6.76. The van der Waals surface area contributed by atoms with E-state index in [2.05, 4.69) is 0 Å². The van der Waals surface area contributed by atoms with Crippen LogP contribution in [0.15, 0.2) is 48.5 Å². The van der Waals surface area contributed by atoms with Gasteiger partial charge in [-0.2, -0.15) is 0 Å². The summed E-state index contributed by atoms with van der Waals surface area (Å²) in [4.78, 5) is 0. The van der Waals surface area contributed by atoms with Crippen molar-refractivity contribution in [1.82, 2.24) is 0 Å². The van der Waals surface area contributed by atoms with Gasteiger partial charge < -0.3 is 0 Å². The van der Waals surface area contributed by atoms with Gasteiger partial charge in [0.1, 0.15) is 0 Å². The van der Waals surface area contributed by atoms with Crippen LogP contribution in [0.3, 0.4) is 0 Å². The molecule has 0 radical (unpaired) electrons. The molecule has 0 heterocycles. The van der Waals surface area contributed by atoms with E-state index in [1.165, 1.54) is 17.7 Å². The van der Waals surface area contributed by atoms with E-state index in [4.69, 9.17) is 11.6 Å². The van der Waals surface area contributed by atoms with Crippen LogP contribution in [0.2, 0.25) is 0 Å². The molecule has 3 heteroatoms. The van der Waals surface area contributed by atoms with Crippen LogP contribution in [0.5, 0.6) is 0 Å². The van der Waals surface area contributed by atoms with Gasteiger partial charge in [0.05, 0.1) is 0 Å². The van der Waals surface area contributed by atoms with Crippen molar-refractivity contribution < 1.29 is 8.78 Å². The molecule has 2 aromatic rings. The molecule has 19 heavy (non-hydrogen) atoms.